The fourth-order valence-corrected chi connectivity index (χ4v) is 4.28. The van der Waals surface area contributed by atoms with Gasteiger partial charge >= 0.3 is 0 Å². The summed E-state index contributed by atoms with van der Waals surface area (Å²) >= 11 is 1.36. The average Bonchev–Trinajstić information content (AvgIpc) is 2.78. The molecule has 4 rings (SSSR count). The molecular formula is C23H24N4OS. The number of carbonyl (C=O) groups excluding carboxylic acids is 1. The first-order valence-electron chi connectivity index (χ1n) is 9.97. The molecule has 1 aliphatic heterocycles. The summed E-state index contributed by atoms with van der Waals surface area (Å²) in [6.07, 6.45) is 2.28. The maximum atomic E-state index is 12.6. The quantitative estimate of drug-likeness (QED) is 0.584. The molecule has 1 fully saturated rings. The Morgan fingerprint density at radius 2 is 1.66 bits per heavy atom. The standard InChI is InChI=1S/C23H24N4OS/c1-17-9-8-14-27(15-17)20(28)16-29-23-24-21(18-10-4-2-5-11-18)22(25-26-23)19-12-6-3-7-13-19/h2-7,10-13,17H,8-9,14-16H2,1H3. The van der Waals surface area contributed by atoms with Crippen LogP contribution in [0.5, 0.6) is 0 Å². The summed E-state index contributed by atoms with van der Waals surface area (Å²) in [6, 6.07) is 19.9. The van der Waals surface area contributed by atoms with Crippen LogP contribution in [0.3, 0.4) is 0 Å². The van der Waals surface area contributed by atoms with Gasteiger partial charge in [-0.2, -0.15) is 0 Å². The highest BCUT2D eigenvalue weighted by Gasteiger charge is 2.21. The molecule has 1 amide bonds. The van der Waals surface area contributed by atoms with Crippen LogP contribution in [-0.2, 0) is 4.79 Å². The van der Waals surface area contributed by atoms with Crippen LogP contribution in [0, 0.1) is 5.92 Å². The Labute approximate surface area is 175 Å². The second-order valence-corrected chi connectivity index (χ2v) is 8.34. The number of nitrogens with zero attached hydrogens (tertiary/aromatic N) is 4. The Morgan fingerprint density at radius 3 is 2.31 bits per heavy atom. The second kappa shape index (κ2) is 9.18. The zero-order chi connectivity index (χ0) is 20.1. The lowest BCUT2D eigenvalue weighted by Crippen LogP contribution is -2.40. The van der Waals surface area contributed by atoms with Crippen LogP contribution in [0.2, 0.25) is 0 Å². The molecule has 3 aromatic rings. The van der Waals surface area contributed by atoms with E-state index < -0.39 is 0 Å². The van der Waals surface area contributed by atoms with Crippen LogP contribution in [-0.4, -0.2) is 44.8 Å². The highest BCUT2D eigenvalue weighted by Crippen LogP contribution is 2.29. The molecule has 0 spiro atoms. The number of piperidine rings is 1. The van der Waals surface area contributed by atoms with Crippen LogP contribution in [0.1, 0.15) is 19.8 Å². The maximum Gasteiger partial charge on any atom is 0.233 e. The molecule has 2 heterocycles. The van der Waals surface area contributed by atoms with Crippen molar-refractivity contribution in [3.8, 4) is 22.5 Å². The topological polar surface area (TPSA) is 59.0 Å². The van der Waals surface area contributed by atoms with E-state index in [1.54, 1.807) is 0 Å². The lowest BCUT2D eigenvalue weighted by Gasteiger charge is -2.30. The minimum atomic E-state index is 0.151. The summed E-state index contributed by atoms with van der Waals surface area (Å²) < 4.78 is 0. The van der Waals surface area contributed by atoms with Gasteiger partial charge in [0, 0.05) is 24.2 Å². The van der Waals surface area contributed by atoms with Gasteiger partial charge in [-0.1, -0.05) is 79.3 Å². The number of likely N-dealkylation sites (tertiary alicyclic amines) is 1. The zero-order valence-corrected chi connectivity index (χ0v) is 17.3. The molecule has 1 saturated heterocycles. The van der Waals surface area contributed by atoms with Crippen molar-refractivity contribution in [1.29, 1.82) is 0 Å². The number of benzene rings is 2. The van der Waals surface area contributed by atoms with Gasteiger partial charge in [-0.15, -0.1) is 10.2 Å². The van der Waals surface area contributed by atoms with Gasteiger partial charge in [0.15, 0.2) is 0 Å². The van der Waals surface area contributed by atoms with Crippen LogP contribution in [0.4, 0.5) is 0 Å². The number of rotatable bonds is 5. The van der Waals surface area contributed by atoms with Gasteiger partial charge in [-0.3, -0.25) is 4.79 Å². The minimum Gasteiger partial charge on any atom is -0.342 e. The molecule has 1 aliphatic rings. The van der Waals surface area contributed by atoms with Crippen molar-refractivity contribution in [2.45, 2.75) is 24.9 Å². The predicted octanol–water partition coefficient (Wildman–Crippen LogP) is 4.56. The predicted molar refractivity (Wildman–Crippen MR) is 116 cm³/mol. The fraction of sp³-hybridized carbons (Fsp3) is 0.304. The molecule has 0 aliphatic carbocycles. The van der Waals surface area contributed by atoms with Crippen molar-refractivity contribution in [2.24, 2.45) is 5.92 Å². The third-order valence-electron chi connectivity index (χ3n) is 5.10. The van der Waals surface area contributed by atoms with Crippen molar-refractivity contribution >= 4 is 17.7 Å². The Bertz CT molecular complexity index is 965. The van der Waals surface area contributed by atoms with Crippen LogP contribution in [0.15, 0.2) is 65.8 Å². The van der Waals surface area contributed by atoms with Crippen LogP contribution >= 0.6 is 11.8 Å². The molecule has 0 saturated carbocycles. The number of thioether (sulfide) groups is 1. The summed E-state index contributed by atoms with van der Waals surface area (Å²) in [4.78, 5) is 19.3. The number of amides is 1. The Balaban J connectivity index is 1.56. The van der Waals surface area contributed by atoms with Crippen molar-refractivity contribution < 1.29 is 4.79 Å². The van der Waals surface area contributed by atoms with Crippen molar-refractivity contribution in [3.05, 3.63) is 60.7 Å². The first-order chi connectivity index (χ1) is 14.2. The molecule has 29 heavy (non-hydrogen) atoms. The van der Waals surface area contributed by atoms with E-state index in [1.807, 2.05) is 65.6 Å². The third kappa shape index (κ3) is 4.82. The van der Waals surface area contributed by atoms with E-state index in [1.165, 1.54) is 18.2 Å². The van der Waals surface area contributed by atoms with Gasteiger partial charge in [-0.05, 0) is 18.8 Å². The summed E-state index contributed by atoms with van der Waals surface area (Å²) in [5.41, 5.74) is 3.49. The largest absolute Gasteiger partial charge is 0.342 e. The maximum absolute atomic E-state index is 12.6. The highest BCUT2D eigenvalue weighted by atomic mass is 32.2. The van der Waals surface area contributed by atoms with E-state index in [0.717, 1.165) is 42.0 Å². The fourth-order valence-electron chi connectivity index (χ4n) is 3.59. The SMILES string of the molecule is CC1CCCN(C(=O)CSc2nnc(-c3ccccc3)c(-c3ccccc3)n2)C1. The van der Waals surface area contributed by atoms with Gasteiger partial charge < -0.3 is 4.90 Å². The van der Waals surface area contributed by atoms with E-state index in [9.17, 15) is 4.79 Å². The van der Waals surface area contributed by atoms with E-state index in [2.05, 4.69) is 17.1 Å². The van der Waals surface area contributed by atoms with Gasteiger partial charge in [0.2, 0.25) is 11.1 Å². The molecule has 0 N–H and O–H groups in total. The van der Waals surface area contributed by atoms with Gasteiger partial charge in [0.1, 0.15) is 11.4 Å². The smallest absolute Gasteiger partial charge is 0.233 e. The molecule has 148 valence electrons. The first kappa shape index (κ1) is 19.6. The number of carbonyl (C=O) groups is 1. The molecule has 1 atom stereocenters. The Hall–Kier alpha value is -2.73. The van der Waals surface area contributed by atoms with Gasteiger partial charge in [-0.25, -0.2) is 4.98 Å². The van der Waals surface area contributed by atoms with Gasteiger partial charge in [0.25, 0.3) is 0 Å². The molecule has 0 radical (unpaired) electrons. The molecule has 6 heteroatoms. The summed E-state index contributed by atoms with van der Waals surface area (Å²) in [7, 11) is 0. The summed E-state index contributed by atoms with van der Waals surface area (Å²) in [6.45, 7) is 3.90. The van der Waals surface area contributed by atoms with Crippen molar-refractivity contribution in [2.75, 3.05) is 18.8 Å². The third-order valence-corrected chi connectivity index (χ3v) is 5.92. The average molecular weight is 405 g/mol. The van der Waals surface area contributed by atoms with E-state index in [4.69, 9.17) is 4.98 Å². The lowest BCUT2D eigenvalue weighted by molar-refractivity contribution is -0.130. The van der Waals surface area contributed by atoms with E-state index >= 15 is 0 Å². The number of hydrogen-bond donors (Lipinski definition) is 0. The van der Waals surface area contributed by atoms with Gasteiger partial charge in [0.05, 0.1) is 5.75 Å². The Kier molecular flexibility index (Phi) is 6.20. The second-order valence-electron chi connectivity index (χ2n) is 7.40. The Morgan fingerprint density at radius 1 is 1.00 bits per heavy atom. The molecule has 2 aromatic carbocycles. The highest BCUT2D eigenvalue weighted by molar-refractivity contribution is 7.99. The van der Waals surface area contributed by atoms with Crippen molar-refractivity contribution in [3.63, 3.8) is 0 Å². The number of hydrogen-bond acceptors (Lipinski definition) is 5. The lowest BCUT2D eigenvalue weighted by atomic mass is 10.0. The van der Waals surface area contributed by atoms with E-state index in [0.29, 0.717) is 16.8 Å². The molecule has 1 aromatic heterocycles. The first-order valence-corrected chi connectivity index (χ1v) is 11.0. The van der Waals surface area contributed by atoms with E-state index in [-0.39, 0.29) is 5.91 Å². The van der Waals surface area contributed by atoms with Crippen molar-refractivity contribution in [1.82, 2.24) is 20.1 Å². The van der Waals surface area contributed by atoms with Crippen LogP contribution in [0.25, 0.3) is 22.5 Å². The summed E-state index contributed by atoms with van der Waals surface area (Å²) in [5, 5.41) is 9.30. The number of aromatic nitrogens is 3. The monoisotopic (exact) mass is 404 g/mol. The molecule has 0 bridgehead atoms. The van der Waals surface area contributed by atoms with Crippen LogP contribution < -0.4 is 0 Å². The normalized spacial score (nSPS) is 16.6. The molecular weight excluding hydrogens is 380 g/mol. The minimum absolute atomic E-state index is 0.151. The molecule has 1 unspecified atom stereocenters. The zero-order valence-electron chi connectivity index (χ0n) is 16.5. The summed E-state index contributed by atoms with van der Waals surface area (Å²) in [5.74, 6) is 1.07. The molecule has 5 nitrogen and oxygen atoms in total.